The fraction of sp³-hybridized carbons (Fsp3) is 0.630. The number of aromatic carboxylic acids is 1. The maximum atomic E-state index is 14.0. The molecule has 7 nitrogen and oxygen atoms in total. The molecule has 188 valence electrons. The second-order valence-electron chi connectivity index (χ2n) is 11.1. The molecule has 0 unspecified atom stereocenters. The minimum Gasteiger partial charge on any atom is -0.477 e. The van der Waals surface area contributed by atoms with Gasteiger partial charge in [-0.1, -0.05) is 24.0 Å². The minimum absolute atomic E-state index is 0.0299. The highest BCUT2D eigenvalue weighted by molar-refractivity contribution is 7.15. The molecule has 0 aromatic carbocycles. The van der Waals surface area contributed by atoms with E-state index in [-0.39, 0.29) is 34.2 Å². The molecule has 2 saturated carbocycles. The van der Waals surface area contributed by atoms with Crippen LogP contribution >= 0.6 is 11.3 Å². The van der Waals surface area contributed by atoms with Crippen molar-refractivity contribution >= 4 is 28.9 Å². The molecule has 2 aliphatic rings. The standard InChI is InChI=1S/C27H36N4O3S/c1-18-5-7-19(8-6-18)25(32)31(21-11-9-20(10-12-21)30-16-15-28-29-30)23-17-22(13-14-27(2,3)4)35-24(23)26(33)34/h15-21H,5-12H2,1-4H3,(H,33,34). The van der Waals surface area contributed by atoms with Crippen LogP contribution in [0.25, 0.3) is 0 Å². The summed E-state index contributed by atoms with van der Waals surface area (Å²) in [6, 6.07) is 2.06. The lowest BCUT2D eigenvalue weighted by Gasteiger charge is -2.39. The summed E-state index contributed by atoms with van der Waals surface area (Å²) in [4.78, 5) is 29.0. The van der Waals surface area contributed by atoms with E-state index in [0.717, 1.165) is 51.4 Å². The summed E-state index contributed by atoms with van der Waals surface area (Å²) in [6.45, 7) is 8.33. The summed E-state index contributed by atoms with van der Waals surface area (Å²) in [6.07, 6.45) is 10.8. The summed E-state index contributed by atoms with van der Waals surface area (Å²) >= 11 is 1.17. The Balaban J connectivity index is 1.66. The highest BCUT2D eigenvalue weighted by Gasteiger charge is 2.37. The normalized spacial score (nSPS) is 24.9. The van der Waals surface area contributed by atoms with Crippen LogP contribution in [0.15, 0.2) is 18.5 Å². The first-order valence-corrected chi connectivity index (χ1v) is 13.5. The third-order valence-electron chi connectivity index (χ3n) is 7.18. The van der Waals surface area contributed by atoms with Crippen LogP contribution in [0, 0.1) is 29.1 Å². The van der Waals surface area contributed by atoms with Crippen molar-refractivity contribution in [3.05, 3.63) is 28.2 Å². The molecule has 1 N–H and O–H groups in total. The number of amides is 1. The van der Waals surface area contributed by atoms with Gasteiger partial charge in [-0.05, 0) is 84.1 Å². The number of thiophene rings is 1. The molecule has 0 atom stereocenters. The molecule has 4 rings (SSSR count). The Labute approximate surface area is 211 Å². The molecule has 1 amide bonds. The van der Waals surface area contributed by atoms with Gasteiger partial charge in [0.2, 0.25) is 5.91 Å². The van der Waals surface area contributed by atoms with Crippen LogP contribution in [0.3, 0.4) is 0 Å². The van der Waals surface area contributed by atoms with Gasteiger partial charge in [0.25, 0.3) is 0 Å². The number of carboxylic acid groups (broad SMARTS) is 1. The Morgan fingerprint density at radius 3 is 2.37 bits per heavy atom. The maximum absolute atomic E-state index is 14.0. The molecular weight excluding hydrogens is 460 g/mol. The number of nitrogens with zero attached hydrogens (tertiary/aromatic N) is 4. The Morgan fingerprint density at radius 1 is 1.11 bits per heavy atom. The van der Waals surface area contributed by atoms with E-state index in [9.17, 15) is 14.7 Å². The Hall–Kier alpha value is -2.66. The fourth-order valence-electron chi connectivity index (χ4n) is 5.22. The van der Waals surface area contributed by atoms with E-state index in [0.29, 0.717) is 16.5 Å². The predicted molar refractivity (Wildman–Crippen MR) is 138 cm³/mol. The second-order valence-corrected chi connectivity index (χ2v) is 12.2. The van der Waals surface area contributed by atoms with E-state index >= 15 is 0 Å². The van der Waals surface area contributed by atoms with Crippen LogP contribution in [-0.2, 0) is 4.79 Å². The number of rotatable bonds is 5. The highest BCUT2D eigenvalue weighted by atomic mass is 32.1. The zero-order valence-electron chi connectivity index (χ0n) is 21.2. The largest absolute Gasteiger partial charge is 0.477 e. The van der Waals surface area contributed by atoms with Crippen molar-refractivity contribution < 1.29 is 14.7 Å². The SMILES string of the molecule is CC1CCC(C(=O)N(c2cc(C#CC(C)(C)C)sc2C(=O)O)C2CCC(n3ccnn3)CC2)CC1. The van der Waals surface area contributed by atoms with Crippen molar-refractivity contribution in [3.8, 4) is 11.8 Å². The van der Waals surface area contributed by atoms with Gasteiger partial charge in [-0.15, -0.1) is 16.4 Å². The number of carbonyl (C=O) groups excluding carboxylic acids is 1. The van der Waals surface area contributed by atoms with Crippen molar-refractivity contribution in [2.75, 3.05) is 4.90 Å². The Morgan fingerprint density at radius 2 is 1.80 bits per heavy atom. The quantitative estimate of drug-likeness (QED) is 0.530. The van der Waals surface area contributed by atoms with Crippen LogP contribution in [0.4, 0.5) is 5.69 Å². The average Bonchev–Trinajstić information content (AvgIpc) is 3.49. The van der Waals surface area contributed by atoms with E-state index < -0.39 is 5.97 Å². The summed E-state index contributed by atoms with van der Waals surface area (Å²) in [5, 5.41) is 18.1. The predicted octanol–water partition coefficient (Wildman–Crippen LogP) is 5.78. The molecule has 0 spiro atoms. The second kappa shape index (κ2) is 10.5. The zero-order valence-corrected chi connectivity index (χ0v) is 22.0. The summed E-state index contributed by atoms with van der Waals surface area (Å²) in [7, 11) is 0. The first-order chi connectivity index (χ1) is 16.6. The van der Waals surface area contributed by atoms with E-state index in [1.54, 1.807) is 6.20 Å². The van der Waals surface area contributed by atoms with Crippen LogP contribution in [0.2, 0.25) is 0 Å². The van der Waals surface area contributed by atoms with Crippen LogP contribution in [0.1, 0.15) is 99.7 Å². The van der Waals surface area contributed by atoms with Gasteiger partial charge in [-0.3, -0.25) is 4.79 Å². The fourth-order valence-corrected chi connectivity index (χ4v) is 6.06. The van der Waals surface area contributed by atoms with Gasteiger partial charge in [0, 0.05) is 23.6 Å². The number of carbonyl (C=O) groups is 2. The molecule has 2 fully saturated rings. The maximum Gasteiger partial charge on any atom is 0.348 e. The monoisotopic (exact) mass is 496 g/mol. The number of anilines is 1. The van der Waals surface area contributed by atoms with Crippen molar-refractivity contribution in [3.63, 3.8) is 0 Å². The van der Waals surface area contributed by atoms with Crippen molar-refractivity contribution in [2.24, 2.45) is 17.3 Å². The minimum atomic E-state index is -1.000. The van der Waals surface area contributed by atoms with E-state index in [1.807, 2.05) is 42.6 Å². The number of hydrogen-bond acceptors (Lipinski definition) is 5. The van der Waals surface area contributed by atoms with Crippen LogP contribution in [-0.4, -0.2) is 38.0 Å². The molecule has 2 aromatic heterocycles. The summed E-state index contributed by atoms with van der Waals surface area (Å²) in [5.74, 6) is 6.03. The van der Waals surface area contributed by atoms with E-state index in [4.69, 9.17) is 0 Å². The molecule has 0 aliphatic heterocycles. The zero-order chi connectivity index (χ0) is 25.2. The van der Waals surface area contributed by atoms with Gasteiger partial charge in [-0.25, -0.2) is 9.48 Å². The molecule has 0 radical (unpaired) electrons. The molecule has 35 heavy (non-hydrogen) atoms. The molecule has 2 aliphatic carbocycles. The molecule has 0 bridgehead atoms. The van der Waals surface area contributed by atoms with Gasteiger partial charge >= 0.3 is 5.97 Å². The van der Waals surface area contributed by atoms with E-state index in [1.165, 1.54) is 11.3 Å². The van der Waals surface area contributed by atoms with E-state index in [2.05, 4.69) is 29.1 Å². The third-order valence-corrected chi connectivity index (χ3v) is 8.20. The highest BCUT2D eigenvalue weighted by Crippen LogP contribution is 2.40. The topological polar surface area (TPSA) is 88.3 Å². The van der Waals surface area contributed by atoms with Gasteiger partial charge in [0.15, 0.2) is 0 Å². The van der Waals surface area contributed by atoms with Gasteiger partial charge in [-0.2, -0.15) is 0 Å². The molecule has 8 heteroatoms. The van der Waals surface area contributed by atoms with Crippen molar-refractivity contribution in [2.45, 2.75) is 91.1 Å². The van der Waals surface area contributed by atoms with Crippen LogP contribution < -0.4 is 4.90 Å². The lowest BCUT2D eigenvalue weighted by molar-refractivity contribution is -0.124. The van der Waals surface area contributed by atoms with Crippen molar-refractivity contribution in [1.82, 2.24) is 15.0 Å². The summed E-state index contributed by atoms with van der Waals surface area (Å²) < 4.78 is 1.90. The van der Waals surface area contributed by atoms with Gasteiger partial charge in [0.05, 0.1) is 22.8 Å². The first-order valence-electron chi connectivity index (χ1n) is 12.7. The van der Waals surface area contributed by atoms with Gasteiger partial charge < -0.3 is 10.0 Å². The molecule has 2 heterocycles. The number of aromatic nitrogens is 3. The third kappa shape index (κ3) is 6.13. The van der Waals surface area contributed by atoms with Gasteiger partial charge in [0.1, 0.15) is 4.88 Å². The number of hydrogen-bond donors (Lipinski definition) is 1. The molecule has 2 aromatic rings. The Kier molecular flexibility index (Phi) is 7.65. The Bertz CT molecular complexity index is 1090. The smallest absolute Gasteiger partial charge is 0.348 e. The molecular formula is C27H36N4O3S. The molecule has 0 saturated heterocycles. The first kappa shape index (κ1) is 25.4. The average molecular weight is 497 g/mol. The summed E-state index contributed by atoms with van der Waals surface area (Å²) in [5.41, 5.74) is 0.329. The lowest BCUT2D eigenvalue weighted by Crippen LogP contribution is -2.46. The lowest BCUT2D eigenvalue weighted by atomic mass is 9.81. The van der Waals surface area contributed by atoms with Crippen molar-refractivity contribution in [1.29, 1.82) is 0 Å². The van der Waals surface area contributed by atoms with Crippen LogP contribution in [0.5, 0.6) is 0 Å². The number of carboxylic acids is 1.